The normalized spacial score (nSPS) is 11.5. The second kappa shape index (κ2) is 10.0. The van der Waals surface area contributed by atoms with Crippen LogP contribution >= 0.6 is 0 Å². The largest absolute Gasteiger partial charge is 0.471 e. The molecule has 1 aromatic carbocycles. The van der Waals surface area contributed by atoms with Gasteiger partial charge in [0.05, 0.1) is 5.56 Å². The summed E-state index contributed by atoms with van der Waals surface area (Å²) < 4.78 is 54.7. The van der Waals surface area contributed by atoms with Gasteiger partial charge in [-0.2, -0.15) is 8.78 Å². The molecule has 152 valence electrons. The maximum absolute atomic E-state index is 12.9. The number of amides is 1. The molecule has 0 spiro atoms. The summed E-state index contributed by atoms with van der Waals surface area (Å²) in [4.78, 5) is 18.1. The number of halogens is 4. The van der Waals surface area contributed by atoms with Crippen LogP contribution in [-0.2, 0) is 6.54 Å². The van der Waals surface area contributed by atoms with E-state index in [-0.39, 0.29) is 17.4 Å². The van der Waals surface area contributed by atoms with Crippen molar-refractivity contribution in [1.29, 1.82) is 0 Å². The summed E-state index contributed by atoms with van der Waals surface area (Å²) in [5, 5.41) is 0. The van der Waals surface area contributed by atoms with E-state index < -0.39 is 19.0 Å². The predicted molar refractivity (Wildman–Crippen MR) is 95.5 cm³/mol. The number of carbonyl (C=O) groups is 1. The second-order valence-electron chi connectivity index (χ2n) is 6.09. The molecule has 0 atom stereocenters. The van der Waals surface area contributed by atoms with E-state index in [1.807, 2.05) is 30.3 Å². The summed E-state index contributed by atoms with van der Waals surface area (Å²) in [7, 11) is 0. The fourth-order valence-corrected chi connectivity index (χ4v) is 2.35. The van der Waals surface area contributed by atoms with Crippen molar-refractivity contribution in [2.24, 2.45) is 5.73 Å². The van der Waals surface area contributed by atoms with Gasteiger partial charge in [0.15, 0.2) is 6.61 Å². The molecule has 1 amide bonds. The smallest absolute Gasteiger partial charge is 0.340 e. The van der Waals surface area contributed by atoms with Gasteiger partial charge >= 0.3 is 12.3 Å². The van der Waals surface area contributed by atoms with E-state index in [4.69, 9.17) is 5.73 Å². The zero-order valence-electron chi connectivity index (χ0n) is 15.0. The Labute approximate surface area is 160 Å². The van der Waals surface area contributed by atoms with Crippen LogP contribution in [0.2, 0.25) is 0 Å². The number of aromatic nitrogens is 1. The Morgan fingerprint density at radius 1 is 1.18 bits per heavy atom. The molecule has 0 aliphatic rings. The van der Waals surface area contributed by atoms with Gasteiger partial charge in [0.25, 0.3) is 5.91 Å². The number of rotatable bonds is 10. The molecule has 1 aromatic heterocycles. The molecule has 0 aliphatic carbocycles. The maximum Gasteiger partial charge on any atom is 0.340 e. The van der Waals surface area contributed by atoms with Crippen molar-refractivity contribution in [3.8, 4) is 5.88 Å². The lowest BCUT2D eigenvalue weighted by atomic mass is 10.1. The van der Waals surface area contributed by atoms with Gasteiger partial charge in [-0.25, -0.2) is 13.8 Å². The van der Waals surface area contributed by atoms with Crippen LogP contribution in [0.5, 0.6) is 5.88 Å². The van der Waals surface area contributed by atoms with Crippen LogP contribution in [0.1, 0.15) is 22.3 Å². The lowest BCUT2D eigenvalue weighted by Gasteiger charge is -2.23. The highest BCUT2D eigenvalue weighted by Crippen LogP contribution is 2.23. The molecule has 0 bridgehead atoms. The lowest BCUT2D eigenvalue weighted by Crippen LogP contribution is -2.34. The number of pyridine rings is 1. The summed E-state index contributed by atoms with van der Waals surface area (Å²) in [6, 6.07) is 11.9. The average Bonchev–Trinajstić information content (AvgIpc) is 2.70. The van der Waals surface area contributed by atoms with Crippen LogP contribution in [0.4, 0.5) is 17.6 Å². The molecular weight excluding hydrogens is 378 g/mol. The van der Waals surface area contributed by atoms with Crippen molar-refractivity contribution < 1.29 is 27.1 Å². The van der Waals surface area contributed by atoms with Crippen LogP contribution in [0.25, 0.3) is 0 Å². The molecule has 0 saturated heterocycles. The zero-order valence-corrected chi connectivity index (χ0v) is 15.0. The predicted octanol–water partition coefficient (Wildman–Crippen LogP) is 3.35. The van der Waals surface area contributed by atoms with E-state index in [0.717, 1.165) is 5.56 Å². The molecule has 2 rings (SSSR count). The first-order chi connectivity index (χ1) is 13.3. The van der Waals surface area contributed by atoms with Gasteiger partial charge in [-0.05, 0) is 24.6 Å². The number of ether oxygens (including phenoxy) is 1. The van der Waals surface area contributed by atoms with Crippen molar-refractivity contribution in [2.45, 2.75) is 25.3 Å². The van der Waals surface area contributed by atoms with Gasteiger partial charge in [-0.15, -0.1) is 0 Å². The summed E-state index contributed by atoms with van der Waals surface area (Å²) in [6.07, 6.45) is -2.06. The molecule has 0 radical (unpaired) electrons. The van der Waals surface area contributed by atoms with E-state index >= 15 is 0 Å². The topological polar surface area (TPSA) is 68.5 Å². The van der Waals surface area contributed by atoms with E-state index in [9.17, 15) is 22.4 Å². The van der Waals surface area contributed by atoms with Crippen LogP contribution < -0.4 is 10.5 Å². The Bertz CT molecular complexity index is 743. The van der Waals surface area contributed by atoms with Gasteiger partial charge in [0.1, 0.15) is 0 Å². The quantitative estimate of drug-likeness (QED) is 0.622. The highest BCUT2D eigenvalue weighted by Gasteiger charge is 2.41. The lowest BCUT2D eigenvalue weighted by molar-refractivity contribution is -0.148. The molecule has 28 heavy (non-hydrogen) atoms. The zero-order chi connectivity index (χ0) is 20.6. The van der Waals surface area contributed by atoms with Gasteiger partial charge < -0.3 is 15.4 Å². The molecular formula is C19H21F4N3O2. The maximum atomic E-state index is 12.9. The van der Waals surface area contributed by atoms with Crippen LogP contribution in [0.15, 0.2) is 48.7 Å². The van der Waals surface area contributed by atoms with Crippen molar-refractivity contribution in [3.63, 3.8) is 0 Å². The molecule has 0 fully saturated rings. The van der Waals surface area contributed by atoms with Gasteiger partial charge in [-0.1, -0.05) is 30.3 Å². The molecule has 0 aliphatic heterocycles. The van der Waals surface area contributed by atoms with Crippen LogP contribution in [0.3, 0.4) is 0 Å². The molecule has 1 heterocycles. The number of benzene rings is 1. The molecule has 2 aromatic rings. The van der Waals surface area contributed by atoms with Crippen molar-refractivity contribution in [2.75, 3.05) is 19.7 Å². The minimum Gasteiger partial charge on any atom is -0.471 e. The first-order valence-corrected chi connectivity index (χ1v) is 8.61. The molecule has 9 heteroatoms. The SMILES string of the molecule is NCCCN(Cc1ccccc1)C(=O)c1ccc(OCC(F)(F)C(F)F)nc1. The molecule has 0 unspecified atom stereocenters. The van der Waals surface area contributed by atoms with Gasteiger partial charge in [0.2, 0.25) is 5.88 Å². The van der Waals surface area contributed by atoms with Crippen LogP contribution in [-0.4, -0.2) is 47.8 Å². The Hall–Kier alpha value is -2.68. The van der Waals surface area contributed by atoms with E-state index in [1.54, 1.807) is 4.90 Å². The fourth-order valence-electron chi connectivity index (χ4n) is 2.35. The minimum absolute atomic E-state index is 0.223. The van der Waals surface area contributed by atoms with Crippen LogP contribution in [0, 0.1) is 0 Å². The number of nitrogens with two attached hydrogens (primary N) is 1. The molecule has 2 N–H and O–H groups in total. The number of hydrogen-bond donors (Lipinski definition) is 1. The second-order valence-corrected chi connectivity index (χ2v) is 6.09. The first-order valence-electron chi connectivity index (χ1n) is 8.61. The summed E-state index contributed by atoms with van der Waals surface area (Å²) in [5.41, 5.74) is 6.70. The summed E-state index contributed by atoms with van der Waals surface area (Å²) in [5.74, 6) is -4.85. The van der Waals surface area contributed by atoms with E-state index in [1.165, 1.54) is 18.3 Å². The Morgan fingerprint density at radius 3 is 2.46 bits per heavy atom. The van der Waals surface area contributed by atoms with Crippen molar-refractivity contribution in [1.82, 2.24) is 9.88 Å². The monoisotopic (exact) mass is 399 g/mol. The van der Waals surface area contributed by atoms with Crippen molar-refractivity contribution >= 4 is 5.91 Å². The van der Waals surface area contributed by atoms with E-state index in [0.29, 0.717) is 26.1 Å². The summed E-state index contributed by atoms with van der Waals surface area (Å²) in [6.45, 7) is -0.273. The highest BCUT2D eigenvalue weighted by molar-refractivity contribution is 5.93. The number of nitrogens with zero attached hydrogens (tertiary/aromatic N) is 2. The summed E-state index contributed by atoms with van der Waals surface area (Å²) >= 11 is 0. The van der Waals surface area contributed by atoms with Gasteiger partial charge in [0, 0.05) is 25.4 Å². The standard InChI is InChI=1S/C19H21F4N3O2/c20-18(21)19(22,23)13-28-16-8-7-15(11-25-16)17(27)26(10-4-9-24)12-14-5-2-1-3-6-14/h1-3,5-8,11,18H,4,9-10,12-13,24H2. The Balaban J connectivity index is 2.05. The number of hydrogen-bond acceptors (Lipinski definition) is 4. The van der Waals surface area contributed by atoms with Gasteiger partial charge in [-0.3, -0.25) is 4.79 Å². The Morgan fingerprint density at radius 2 is 1.89 bits per heavy atom. The fraction of sp³-hybridized carbons (Fsp3) is 0.368. The third-order valence-corrected chi connectivity index (χ3v) is 3.85. The number of carbonyl (C=O) groups excluding carboxylic acids is 1. The first kappa shape index (κ1) is 21.6. The molecule has 0 saturated carbocycles. The minimum atomic E-state index is -4.27. The third kappa shape index (κ3) is 6.19. The average molecular weight is 399 g/mol. The Kier molecular flexibility index (Phi) is 7.74. The highest BCUT2D eigenvalue weighted by atomic mass is 19.3. The van der Waals surface area contributed by atoms with E-state index in [2.05, 4.69) is 9.72 Å². The third-order valence-electron chi connectivity index (χ3n) is 3.85. The number of alkyl halides is 4. The van der Waals surface area contributed by atoms with Crippen molar-refractivity contribution in [3.05, 3.63) is 59.8 Å². The molecule has 5 nitrogen and oxygen atoms in total.